The number of aliphatic hydroxyl groups excluding tert-OH is 1. The topological polar surface area (TPSA) is 75.6 Å². The van der Waals surface area contributed by atoms with Crippen molar-refractivity contribution in [3.05, 3.63) is 29.6 Å². The minimum atomic E-state index is -3.91. The van der Waals surface area contributed by atoms with Crippen LogP contribution < -0.4 is 4.72 Å². The Bertz CT molecular complexity index is 555. The fourth-order valence-corrected chi connectivity index (χ4v) is 3.33. The van der Waals surface area contributed by atoms with Crippen LogP contribution in [0.2, 0.25) is 0 Å². The Morgan fingerprint density at radius 1 is 1.45 bits per heavy atom. The van der Waals surface area contributed by atoms with Gasteiger partial charge in [-0.25, -0.2) is 17.5 Å². The average molecular weight is 303 g/mol. The highest BCUT2D eigenvalue weighted by Crippen LogP contribution is 2.18. The standard InChI is InChI=1S/C13H18FNO4S/c14-12-4-3-10(9-16)8-13(12)20(17,18)15-6-5-11-2-1-7-19-11/h3-4,8,11,15-16H,1-2,5-7,9H2. The van der Waals surface area contributed by atoms with Crippen molar-refractivity contribution >= 4 is 10.0 Å². The van der Waals surface area contributed by atoms with Gasteiger partial charge in [0.25, 0.3) is 0 Å². The summed E-state index contributed by atoms with van der Waals surface area (Å²) in [7, 11) is -3.91. The van der Waals surface area contributed by atoms with Gasteiger partial charge in [-0.15, -0.1) is 0 Å². The first-order chi connectivity index (χ1) is 9.53. The Morgan fingerprint density at radius 2 is 2.25 bits per heavy atom. The van der Waals surface area contributed by atoms with Gasteiger partial charge in [-0.3, -0.25) is 0 Å². The molecule has 1 fully saturated rings. The Balaban J connectivity index is 2.01. The second kappa shape index (κ2) is 6.62. The lowest BCUT2D eigenvalue weighted by atomic mass is 10.2. The number of sulfonamides is 1. The van der Waals surface area contributed by atoms with Crippen LogP contribution >= 0.6 is 0 Å². The fourth-order valence-electron chi connectivity index (χ4n) is 2.16. The summed E-state index contributed by atoms with van der Waals surface area (Å²) < 4.78 is 45.4. The minimum Gasteiger partial charge on any atom is -0.392 e. The maximum absolute atomic E-state index is 13.6. The third-order valence-electron chi connectivity index (χ3n) is 3.25. The normalized spacial score (nSPS) is 19.4. The van der Waals surface area contributed by atoms with Gasteiger partial charge in [-0.1, -0.05) is 6.07 Å². The van der Waals surface area contributed by atoms with Gasteiger partial charge < -0.3 is 9.84 Å². The first-order valence-corrected chi connectivity index (χ1v) is 8.02. The van der Waals surface area contributed by atoms with Crippen LogP contribution in [0.1, 0.15) is 24.8 Å². The number of ether oxygens (including phenoxy) is 1. The maximum Gasteiger partial charge on any atom is 0.243 e. The van der Waals surface area contributed by atoms with Crippen molar-refractivity contribution in [1.82, 2.24) is 4.72 Å². The first-order valence-electron chi connectivity index (χ1n) is 6.53. The van der Waals surface area contributed by atoms with Gasteiger partial charge in [-0.05, 0) is 37.0 Å². The summed E-state index contributed by atoms with van der Waals surface area (Å²) in [5.41, 5.74) is 0.353. The quantitative estimate of drug-likeness (QED) is 0.827. The predicted molar refractivity (Wildman–Crippen MR) is 71.1 cm³/mol. The molecular formula is C13H18FNO4S. The lowest BCUT2D eigenvalue weighted by molar-refractivity contribution is 0.105. The van der Waals surface area contributed by atoms with Crippen LogP contribution in [-0.4, -0.2) is 32.8 Å². The molecule has 2 rings (SSSR count). The molecule has 1 aromatic carbocycles. The van der Waals surface area contributed by atoms with Crippen molar-refractivity contribution < 1.29 is 22.7 Å². The Morgan fingerprint density at radius 3 is 2.90 bits per heavy atom. The highest BCUT2D eigenvalue weighted by atomic mass is 32.2. The van der Waals surface area contributed by atoms with Gasteiger partial charge in [0.15, 0.2) is 0 Å². The number of rotatable bonds is 6. The lowest BCUT2D eigenvalue weighted by Crippen LogP contribution is -2.28. The van der Waals surface area contributed by atoms with Gasteiger partial charge >= 0.3 is 0 Å². The van der Waals surface area contributed by atoms with Gasteiger partial charge in [0.1, 0.15) is 10.7 Å². The number of benzene rings is 1. The molecule has 1 saturated heterocycles. The van der Waals surface area contributed by atoms with E-state index in [-0.39, 0.29) is 19.3 Å². The highest BCUT2D eigenvalue weighted by Gasteiger charge is 2.21. The first kappa shape index (κ1) is 15.4. The van der Waals surface area contributed by atoms with Crippen LogP contribution in [-0.2, 0) is 21.4 Å². The van der Waals surface area contributed by atoms with Crippen molar-refractivity contribution in [2.24, 2.45) is 0 Å². The van der Waals surface area contributed by atoms with E-state index in [2.05, 4.69) is 4.72 Å². The van der Waals surface area contributed by atoms with Gasteiger partial charge in [0.2, 0.25) is 10.0 Å². The zero-order chi connectivity index (χ0) is 14.6. The van der Waals surface area contributed by atoms with E-state index in [9.17, 15) is 12.8 Å². The molecule has 1 aliphatic rings. The van der Waals surface area contributed by atoms with Crippen LogP contribution in [0, 0.1) is 5.82 Å². The van der Waals surface area contributed by atoms with Crippen molar-refractivity contribution in [3.8, 4) is 0 Å². The maximum atomic E-state index is 13.6. The molecule has 0 bridgehead atoms. The third-order valence-corrected chi connectivity index (χ3v) is 4.73. The molecule has 20 heavy (non-hydrogen) atoms. The Labute approximate surface area is 117 Å². The SMILES string of the molecule is O=S(=O)(NCCC1CCCO1)c1cc(CO)ccc1F. The molecule has 2 N–H and O–H groups in total. The van der Waals surface area contributed by atoms with Crippen LogP contribution in [0.5, 0.6) is 0 Å². The van der Waals surface area contributed by atoms with Crippen molar-refractivity contribution in [3.63, 3.8) is 0 Å². The number of halogens is 1. The summed E-state index contributed by atoms with van der Waals surface area (Å²) >= 11 is 0. The van der Waals surface area contributed by atoms with Crippen molar-refractivity contribution in [2.75, 3.05) is 13.2 Å². The predicted octanol–water partition coefficient (Wildman–Crippen LogP) is 1.17. The van der Waals surface area contributed by atoms with Gasteiger partial charge in [0.05, 0.1) is 12.7 Å². The lowest BCUT2D eigenvalue weighted by Gasteiger charge is -2.11. The molecule has 0 aliphatic carbocycles. The summed E-state index contributed by atoms with van der Waals surface area (Å²) in [6.45, 7) is 0.582. The van der Waals surface area contributed by atoms with E-state index in [1.165, 1.54) is 6.07 Å². The van der Waals surface area contributed by atoms with E-state index < -0.39 is 20.7 Å². The molecule has 0 radical (unpaired) electrons. The molecule has 0 spiro atoms. The molecule has 7 heteroatoms. The zero-order valence-corrected chi connectivity index (χ0v) is 11.8. The van der Waals surface area contributed by atoms with E-state index in [1.807, 2.05) is 0 Å². The summed E-state index contributed by atoms with van der Waals surface area (Å²) in [6, 6.07) is 3.53. The molecule has 5 nitrogen and oxygen atoms in total. The molecule has 1 unspecified atom stereocenters. The molecule has 112 valence electrons. The third kappa shape index (κ3) is 3.76. The van der Waals surface area contributed by atoms with Crippen LogP contribution in [0.4, 0.5) is 4.39 Å². The second-order valence-corrected chi connectivity index (χ2v) is 6.48. The van der Waals surface area contributed by atoms with E-state index in [4.69, 9.17) is 9.84 Å². The molecule has 1 aliphatic heterocycles. The summed E-state index contributed by atoms with van der Waals surface area (Å²) in [4.78, 5) is -0.434. The van der Waals surface area contributed by atoms with Crippen LogP contribution in [0.3, 0.4) is 0 Å². The molecule has 0 amide bonds. The molecule has 0 aromatic heterocycles. The Kier molecular flexibility index (Phi) is 5.09. The van der Waals surface area contributed by atoms with E-state index >= 15 is 0 Å². The average Bonchev–Trinajstić information content (AvgIpc) is 2.92. The van der Waals surface area contributed by atoms with Gasteiger partial charge in [-0.2, -0.15) is 0 Å². The number of hydrogen-bond donors (Lipinski definition) is 2. The number of aliphatic hydroxyl groups is 1. The number of hydrogen-bond acceptors (Lipinski definition) is 4. The summed E-state index contributed by atoms with van der Waals surface area (Å²) in [6.07, 6.45) is 2.56. The minimum absolute atomic E-state index is 0.0753. The van der Waals surface area contributed by atoms with Gasteiger partial charge in [0, 0.05) is 13.2 Å². The summed E-state index contributed by atoms with van der Waals surface area (Å²) in [5, 5.41) is 8.98. The Hall–Kier alpha value is -1.02. The van der Waals surface area contributed by atoms with Crippen molar-refractivity contribution in [2.45, 2.75) is 36.9 Å². The molecule has 0 saturated carbocycles. The number of nitrogens with one attached hydrogen (secondary N) is 1. The van der Waals surface area contributed by atoms with Crippen LogP contribution in [0.25, 0.3) is 0 Å². The van der Waals surface area contributed by atoms with Crippen molar-refractivity contribution in [1.29, 1.82) is 0 Å². The second-order valence-electron chi connectivity index (χ2n) is 4.74. The smallest absolute Gasteiger partial charge is 0.243 e. The fraction of sp³-hybridized carbons (Fsp3) is 0.538. The molecule has 1 aromatic rings. The van der Waals surface area contributed by atoms with E-state index in [0.717, 1.165) is 25.0 Å². The molecule has 1 heterocycles. The van der Waals surface area contributed by atoms with E-state index in [1.54, 1.807) is 0 Å². The molecular weight excluding hydrogens is 285 g/mol. The highest BCUT2D eigenvalue weighted by molar-refractivity contribution is 7.89. The zero-order valence-electron chi connectivity index (χ0n) is 11.0. The van der Waals surface area contributed by atoms with E-state index in [0.29, 0.717) is 18.6 Å². The molecule has 1 atom stereocenters. The summed E-state index contributed by atoms with van der Waals surface area (Å²) in [5.74, 6) is -0.827. The largest absolute Gasteiger partial charge is 0.392 e. The van der Waals surface area contributed by atoms with Crippen LogP contribution in [0.15, 0.2) is 23.1 Å². The monoisotopic (exact) mass is 303 g/mol.